The number of piperazine rings is 1. The maximum absolute atomic E-state index is 12.9. The summed E-state index contributed by atoms with van der Waals surface area (Å²) in [6.07, 6.45) is 0. The van der Waals surface area contributed by atoms with Crippen molar-refractivity contribution in [1.29, 1.82) is 0 Å². The normalized spacial score (nSPS) is 14.7. The van der Waals surface area contributed by atoms with E-state index < -0.39 is 0 Å². The summed E-state index contributed by atoms with van der Waals surface area (Å²) in [5.74, 6) is -0.138. The maximum Gasteiger partial charge on any atom is 0.275 e. The van der Waals surface area contributed by atoms with Crippen molar-refractivity contribution in [2.75, 3.05) is 31.1 Å². The summed E-state index contributed by atoms with van der Waals surface area (Å²) in [6, 6.07) is 15.5. The first-order valence-corrected chi connectivity index (χ1v) is 8.72. The number of benzene rings is 2. The van der Waals surface area contributed by atoms with Crippen molar-refractivity contribution < 1.29 is 4.79 Å². The third-order valence-corrected chi connectivity index (χ3v) is 4.83. The van der Waals surface area contributed by atoms with Crippen molar-refractivity contribution in [2.24, 2.45) is 0 Å². The summed E-state index contributed by atoms with van der Waals surface area (Å²) in [5.41, 5.74) is 2.44. The number of carbonyl (C=O) groups is 1. The van der Waals surface area contributed by atoms with E-state index in [2.05, 4.69) is 46.3 Å². The minimum absolute atomic E-state index is 0.138. The zero-order chi connectivity index (χ0) is 18.1. The molecule has 0 saturated carbocycles. The van der Waals surface area contributed by atoms with Gasteiger partial charge in [0.2, 0.25) is 0 Å². The molecule has 2 aromatic carbocycles. The van der Waals surface area contributed by atoms with Crippen LogP contribution in [0.25, 0.3) is 10.8 Å². The molecule has 0 radical (unpaired) electrons. The molecule has 4 rings (SSSR count). The van der Waals surface area contributed by atoms with Gasteiger partial charge in [-0.25, -0.2) is 5.10 Å². The summed E-state index contributed by atoms with van der Waals surface area (Å²) in [5, 5.41) is 7.56. The van der Waals surface area contributed by atoms with E-state index in [1.54, 1.807) is 23.1 Å². The third kappa shape index (κ3) is 2.94. The number of hydrogen-bond acceptors (Lipinski definition) is 4. The zero-order valence-corrected chi connectivity index (χ0v) is 14.6. The number of aromatic amines is 1. The predicted octanol–water partition coefficient (Wildman–Crippen LogP) is 2.19. The minimum Gasteiger partial charge on any atom is -0.368 e. The van der Waals surface area contributed by atoms with E-state index in [1.807, 2.05) is 6.07 Å². The summed E-state index contributed by atoms with van der Waals surface area (Å²) in [6.45, 7) is 4.88. The fraction of sp³-hybridized carbons (Fsp3) is 0.250. The van der Waals surface area contributed by atoms with Gasteiger partial charge >= 0.3 is 0 Å². The van der Waals surface area contributed by atoms with E-state index >= 15 is 0 Å². The lowest BCUT2D eigenvalue weighted by Gasteiger charge is -2.36. The standard InChI is InChI=1S/C20H20N4O2/c1-14-5-4-6-15(13-14)23-9-11-24(12-10-23)20(26)18-16-7-2-3-8-17(16)19(25)22-21-18/h2-8,13H,9-12H2,1H3,(H,22,25). The van der Waals surface area contributed by atoms with Crippen LogP contribution in [0.4, 0.5) is 5.69 Å². The Hall–Kier alpha value is -3.15. The number of carbonyl (C=O) groups excluding carboxylic acids is 1. The lowest BCUT2D eigenvalue weighted by Crippen LogP contribution is -2.49. The van der Waals surface area contributed by atoms with E-state index in [0.29, 0.717) is 29.6 Å². The minimum atomic E-state index is -0.276. The van der Waals surface area contributed by atoms with Crippen molar-refractivity contribution in [1.82, 2.24) is 15.1 Å². The summed E-state index contributed by atoms with van der Waals surface area (Å²) >= 11 is 0. The van der Waals surface area contributed by atoms with Gasteiger partial charge in [-0.2, -0.15) is 5.10 Å². The molecule has 6 heteroatoms. The van der Waals surface area contributed by atoms with Crippen LogP contribution in [0.3, 0.4) is 0 Å². The fourth-order valence-corrected chi connectivity index (χ4v) is 3.42. The molecule has 0 atom stereocenters. The van der Waals surface area contributed by atoms with Crippen LogP contribution in [0.1, 0.15) is 16.1 Å². The largest absolute Gasteiger partial charge is 0.368 e. The van der Waals surface area contributed by atoms with Crippen LogP contribution in [0.15, 0.2) is 53.3 Å². The van der Waals surface area contributed by atoms with Crippen molar-refractivity contribution in [3.05, 3.63) is 70.1 Å². The number of rotatable bonds is 2. The molecule has 3 aromatic rings. The van der Waals surface area contributed by atoms with Gasteiger partial charge in [0.1, 0.15) is 0 Å². The summed E-state index contributed by atoms with van der Waals surface area (Å²) in [4.78, 5) is 28.9. The Labute approximate surface area is 151 Å². The van der Waals surface area contributed by atoms with Gasteiger partial charge in [-0.15, -0.1) is 0 Å². The van der Waals surface area contributed by atoms with E-state index in [0.717, 1.165) is 13.1 Å². The van der Waals surface area contributed by atoms with E-state index in [-0.39, 0.29) is 11.5 Å². The number of nitrogens with zero attached hydrogens (tertiary/aromatic N) is 3. The Morgan fingerprint density at radius 2 is 1.73 bits per heavy atom. The average Bonchev–Trinajstić information content (AvgIpc) is 2.68. The van der Waals surface area contributed by atoms with Crippen molar-refractivity contribution >= 4 is 22.4 Å². The van der Waals surface area contributed by atoms with Gasteiger partial charge in [0, 0.05) is 37.3 Å². The van der Waals surface area contributed by atoms with Crippen molar-refractivity contribution in [3.63, 3.8) is 0 Å². The highest BCUT2D eigenvalue weighted by Crippen LogP contribution is 2.20. The molecule has 1 aliphatic rings. The Bertz CT molecular complexity index is 1020. The topological polar surface area (TPSA) is 69.3 Å². The first-order chi connectivity index (χ1) is 12.6. The molecule has 0 spiro atoms. The number of hydrogen-bond donors (Lipinski definition) is 1. The van der Waals surface area contributed by atoms with Gasteiger partial charge in [0.05, 0.1) is 5.39 Å². The number of H-pyrrole nitrogens is 1. The van der Waals surface area contributed by atoms with Gasteiger partial charge in [0.25, 0.3) is 11.5 Å². The lowest BCUT2D eigenvalue weighted by atomic mass is 10.1. The molecular formula is C20H20N4O2. The van der Waals surface area contributed by atoms with E-state index in [1.165, 1.54) is 11.3 Å². The summed E-state index contributed by atoms with van der Waals surface area (Å²) < 4.78 is 0. The van der Waals surface area contributed by atoms with Gasteiger partial charge in [-0.1, -0.05) is 30.3 Å². The number of amides is 1. The average molecular weight is 348 g/mol. The number of aryl methyl sites for hydroxylation is 1. The molecular weight excluding hydrogens is 328 g/mol. The van der Waals surface area contributed by atoms with Crippen LogP contribution in [0.2, 0.25) is 0 Å². The van der Waals surface area contributed by atoms with Crippen LogP contribution >= 0.6 is 0 Å². The molecule has 1 amide bonds. The molecule has 6 nitrogen and oxygen atoms in total. The monoisotopic (exact) mass is 348 g/mol. The molecule has 2 heterocycles. The second kappa shape index (κ2) is 6.63. The Morgan fingerprint density at radius 1 is 1.00 bits per heavy atom. The Kier molecular flexibility index (Phi) is 4.16. The first-order valence-electron chi connectivity index (χ1n) is 8.72. The molecule has 132 valence electrons. The molecule has 26 heavy (non-hydrogen) atoms. The van der Waals surface area contributed by atoms with Crippen LogP contribution in [0, 0.1) is 6.92 Å². The van der Waals surface area contributed by atoms with Crippen LogP contribution in [0.5, 0.6) is 0 Å². The maximum atomic E-state index is 12.9. The predicted molar refractivity (Wildman–Crippen MR) is 102 cm³/mol. The first kappa shape index (κ1) is 16.3. The van der Waals surface area contributed by atoms with Gasteiger partial charge in [-0.3, -0.25) is 9.59 Å². The lowest BCUT2D eigenvalue weighted by molar-refractivity contribution is 0.0742. The van der Waals surface area contributed by atoms with Gasteiger partial charge in [-0.05, 0) is 30.7 Å². The molecule has 1 fully saturated rings. The number of aromatic nitrogens is 2. The Balaban J connectivity index is 1.54. The van der Waals surface area contributed by atoms with E-state index in [9.17, 15) is 9.59 Å². The SMILES string of the molecule is Cc1cccc(N2CCN(C(=O)c3n[nH]c(=O)c4ccccc34)CC2)c1. The molecule has 0 aliphatic carbocycles. The zero-order valence-electron chi connectivity index (χ0n) is 14.6. The molecule has 0 bridgehead atoms. The quantitative estimate of drug-likeness (QED) is 0.771. The van der Waals surface area contributed by atoms with Gasteiger partial charge in [0.15, 0.2) is 5.69 Å². The summed E-state index contributed by atoms with van der Waals surface area (Å²) in [7, 11) is 0. The molecule has 1 aliphatic heterocycles. The highest BCUT2D eigenvalue weighted by Gasteiger charge is 2.25. The fourth-order valence-electron chi connectivity index (χ4n) is 3.42. The van der Waals surface area contributed by atoms with Crippen LogP contribution in [-0.4, -0.2) is 47.2 Å². The molecule has 1 N–H and O–H groups in total. The second-order valence-corrected chi connectivity index (χ2v) is 6.57. The number of fused-ring (bicyclic) bond motifs is 1. The second-order valence-electron chi connectivity index (χ2n) is 6.57. The Morgan fingerprint density at radius 3 is 2.46 bits per heavy atom. The highest BCUT2D eigenvalue weighted by atomic mass is 16.2. The van der Waals surface area contributed by atoms with Crippen LogP contribution in [-0.2, 0) is 0 Å². The third-order valence-electron chi connectivity index (χ3n) is 4.83. The molecule has 1 saturated heterocycles. The number of nitrogens with one attached hydrogen (secondary N) is 1. The van der Waals surface area contributed by atoms with E-state index in [4.69, 9.17) is 0 Å². The molecule has 0 unspecified atom stereocenters. The molecule has 1 aromatic heterocycles. The van der Waals surface area contributed by atoms with Crippen molar-refractivity contribution in [3.8, 4) is 0 Å². The van der Waals surface area contributed by atoms with Gasteiger partial charge < -0.3 is 9.80 Å². The number of anilines is 1. The highest BCUT2D eigenvalue weighted by molar-refractivity contribution is 6.04. The van der Waals surface area contributed by atoms with Crippen molar-refractivity contribution in [2.45, 2.75) is 6.92 Å². The van der Waals surface area contributed by atoms with Crippen LogP contribution < -0.4 is 10.5 Å². The smallest absolute Gasteiger partial charge is 0.275 e.